The van der Waals surface area contributed by atoms with Gasteiger partial charge in [-0.2, -0.15) is 0 Å². The molecule has 2 aliphatic rings. The van der Waals surface area contributed by atoms with Crippen LogP contribution >= 0.6 is 0 Å². The van der Waals surface area contributed by atoms with Crippen molar-refractivity contribution in [3.8, 4) is 0 Å². The molecule has 0 saturated carbocycles. The molecule has 0 amide bonds. The van der Waals surface area contributed by atoms with Crippen molar-refractivity contribution < 1.29 is 0 Å². The molecule has 1 atom stereocenters. The molecule has 1 unspecified atom stereocenters. The average Bonchev–Trinajstić information content (AvgIpc) is 2.62. The number of hydrogen-bond donors (Lipinski definition) is 0. The second-order valence-electron chi connectivity index (χ2n) is 3.71. The minimum Gasteiger partial charge on any atom is -0.0873 e. The standard InChI is InChI=1S/C14H16/c1-2-6-10-13(9-5-1)14-11-7-3-4-8-12-14/h1,3,5-10,12,14H,2,4,11H2. The molecule has 2 aliphatic carbocycles. The van der Waals surface area contributed by atoms with Crippen molar-refractivity contribution in [2.45, 2.75) is 19.3 Å². The smallest absolute Gasteiger partial charge is 0.00524 e. The summed E-state index contributed by atoms with van der Waals surface area (Å²) >= 11 is 0. The van der Waals surface area contributed by atoms with Gasteiger partial charge >= 0.3 is 0 Å². The van der Waals surface area contributed by atoms with Crippen LogP contribution in [-0.4, -0.2) is 0 Å². The third-order valence-electron chi connectivity index (χ3n) is 2.63. The highest BCUT2D eigenvalue weighted by atomic mass is 14.1. The zero-order valence-electron chi connectivity index (χ0n) is 8.39. The predicted molar refractivity (Wildman–Crippen MR) is 62.0 cm³/mol. The molecule has 0 heteroatoms. The van der Waals surface area contributed by atoms with Gasteiger partial charge in [-0.05, 0) is 24.8 Å². The van der Waals surface area contributed by atoms with E-state index in [4.69, 9.17) is 0 Å². The molecule has 0 aromatic heterocycles. The van der Waals surface area contributed by atoms with Crippen LogP contribution in [0.1, 0.15) is 19.3 Å². The third-order valence-corrected chi connectivity index (χ3v) is 2.63. The summed E-state index contributed by atoms with van der Waals surface area (Å²) in [5, 5.41) is 0. The molecule has 0 nitrogen and oxygen atoms in total. The second kappa shape index (κ2) is 4.80. The van der Waals surface area contributed by atoms with Crippen molar-refractivity contribution in [2.24, 2.45) is 5.92 Å². The van der Waals surface area contributed by atoms with Crippen molar-refractivity contribution >= 4 is 0 Å². The predicted octanol–water partition coefficient (Wildman–Crippen LogP) is 3.95. The Labute approximate surface area is 86.0 Å². The van der Waals surface area contributed by atoms with Gasteiger partial charge < -0.3 is 0 Å². The van der Waals surface area contributed by atoms with E-state index in [0.29, 0.717) is 5.92 Å². The van der Waals surface area contributed by atoms with E-state index in [2.05, 4.69) is 54.7 Å². The monoisotopic (exact) mass is 184 g/mol. The molecule has 0 aromatic rings. The Morgan fingerprint density at radius 1 is 0.929 bits per heavy atom. The lowest BCUT2D eigenvalue weighted by Crippen LogP contribution is -1.96. The molecular weight excluding hydrogens is 168 g/mol. The van der Waals surface area contributed by atoms with E-state index in [1.807, 2.05) is 0 Å². The Kier molecular flexibility index (Phi) is 3.18. The Balaban J connectivity index is 2.16. The molecule has 0 N–H and O–H groups in total. The van der Waals surface area contributed by atoms with Crippen LogP contribution in [-0.2, 0) is 0 Å². The summed E-state index contributed by atoms with van der Waals surface area (Å²) in [4.78, 5) is 0. The van der Waals surface area contributed by atoms with Crippen LogP contribution < -0.4 is 0 Å². The molecule has 14 heavy (non-hydrogen) atoms. The van der Waals surface area contributed by atoms with Gasteiger partial charge in [0.15, 0.2) is 0 Å². The van der Waals surface area contributed by atoms with Gasteiger partial charge in [-0.1, -0.05) is 54.7 Å². The van der Waals surface area contributed by atoms with E-state index in [0.717, 1.165) is 19.3 Å². The highest BCUT2D eigenvalue weighted by Gasteiger charge is 2.08. The van der Waals surface area contributed by atoms with Gasteiger partial charge in [0.2, 0.25) is 0 Å². The Bertz CT molecular complexity index is 324. The lowest BCUT2D eigenvalue weighted by Gasteiger charge is -2.10. The zero-order valence-corrected chi connectivity index (χ0v) is 8.39. The van der Waals surface area contributed by atoms with E-state index in [-0.39, 0.29) is 0 Å². The van der Waals surface area contributed by atoms with Crippen LogP contribution in [0.25, 0.3) is 0 Å². The lowest BCUT2D eigenvalue weighted by atomic mass is 9.95. The minimum absolute atomic E-state index is 0.577. The Hall–Kier alpha value is -1.30. The average molecular weight is 184 g/mol. The number of allylic oxidation sites excluding steroid dienone is 10. The van der Waals surface area contributed by atoms with Gasteiger partial charge in [0.1, 0.15) is 0 Å². The van der Waals surface area contributed by atoms with E-state index in [1.165, 1.54) is 5.57 Å². The SMILES string of the molecule is C1=CCC=CC(C2C=CCC=CC2)=C1. The summed E-state index contributed by atoms with van der Waals surface area (Å²) in [5.74, 6) is 0.577. The molecule has 0 saturated heterocycles. The first-order valence-corrected chi connectivity index (χ1v) is 5.32. The van der Waals surface area contributed by atoms with Crippen LogP contribution in [0, 0.1) is 5.92 Å². The summed E-state index contributed by atoms with van der Waals surface area (Å²) in [6, 6.07) is 0. The Morgan fingerprint density at radius 2 is 1.86 bits per heavy atom. The highest BCUT2D eigenvalue weighted by Crippen LogP contribution is 2.23. The molecule has 0 aliphatic heterocycles. The highest BCUT2D eigenvalue weighted by molar-refractivity contribution is 5.33. The topological polar surface area (TPSA) is 0 Å². The van der Waals surface area contributed by atoms with E-state index >= 15 is 0 Å². The van der Waals surface area contributed by atoms with Crippen molar-refractivity contribution in [3.05, 3.63) is 60.3 Å². The molecule has 0 spiro atoms. The van der Waals surface area contributed by atoms with Crippen molar-refractivity contribution in [2.75, 3.05) is 0 Å². The minimum atomic E-state index is 0.577. The summed E-state index contributed by atoms with van der Waals surface area (Å²) in [6.07, 6.45) is 23.5. The molecule has 0 radical (unpaired) electrons. The van der Waals surface area contributed by atoms with Gasteiger partial charge in [0.25, 0.3) is 0 Å². The maximum Gasteiger partial charge on any atom is 0.00524 e. The van der Waals surface area contributed by atoms with Crippen molar-refractivity contribution in [3.63, 3.8) is 0 Å². The molecule has 72 valence electrons. The van der Waals surface area contributed by atoms with Gasteiger partial charge in [-0.3, -0.25) is 0 Å². The summed E-state index contributed by atoms with van der Waals surface area (Å²) in [6.45, 7) is 0. The van der Waals surface area contributed by atoms with Gasteiger partial charge in [0.05, 0.1) is 0 Å². The molecular formula is C14H16. The summed E-state index contributed by atoms with van der Waals surface area (Å²) < 4.78 is 0. The third kappa shape index (κ3) is 2.35. The van der Waals surface area contributed by atoms with E-state index in [1.54, 1.807) is 0 Å². The second-order valence-corrected chi connectivity index (χ2v) is 3.71. The molecule has 0 heterocycles. The fourth-order valence-electron chi connectivity index (χ4n) is 1.83. The van der Waals surface area contributed by atoms with Crippen LogP contribution in [0.15, 0.2) is 60.3 Å². The maximum absolute atomic E-state index is 2.33. The van der Waals surface area contributed by atoms with Gasteiger partial charge in [-0.15, -0.1) is 0 Å². The zero-order chi connectivity index (χ0) is 9.64. The fraction of sp³-hybridized carbons (Fsp3) is 0.286. The van der Waals surface area contributed by atoms with Gasteiger partial charge in [-0.25, -0.2) is 0 Å². The molecule has 0 fully saturated rings. The largest absolute Gasteiger partial charge is 0.0873 e. The van der Waals surface area contributed by atoms with E-state index in [9.17, 15) is 0 Å². The molecule has 0 aromatic carbocycles. The summed E-state index contributed by atoms with van der Waals surface area (Å²) in [7, 11) is 0. The quantitative estimate of drug-likeness (QED) is 0.541. The molecule has 2 rings (SSSR count). The first-order valence-electron chi connectivity index (χ1n) is 5.32. The fourth-order valence-corrected chi connectivity index (χ4v) is 1.83. The van der Waals surface area contributed by atoms with Crippen LogP contribution in [0.3, 0.4) is 0 Å². The van der Waals surface area contributed by atoms with Crippen LogP contribution in [0.2, 0.25) is 0 Å². The summed E-state index contributed by atoms with van der Waals surface area (Å²) in [5.41, 5.74) is 1.43. The van der Waals surface area contributed by atoms with Crippen molar-refractivity contribution in [1.82, 2.24) is 0 Å². The van der Waals surface area contributed by atoms with Gasteiger partial charge in [0, 0.05) is 5.92 Å². The maximum atomic E-state index is 2.33. The first kappa shape index (κ1) is 9.26. The van der Waals surface area contributed by atoms with Crippen molar-refractivity contribution in [1.29, 1.82) is 0 Å². The normalized spacial score (nSPS) is 25.7. The number of hydrogen-bond acceptors (Lipinski definition) is 0. The Morgan fingerprint density at radius 3 is 2.86 bits per heavy atom. The van der Waals surface area contributed by atoms with Crippen LogP contribution in [0.5, 0.6) is 0 Å². The molecule has 0 bridgehead atoms. The number of rotatable bonds is 1. The lowest BCUT2D eigenvalue weighted by molar-refractivity contribution is 0.799. The first-order chi connectivity index (χ1) is 6.97. The van der Waals surface area contributed by atoms with Crippen LogP contribution in [0.4, 0.5) is 0 Å². The van der Waals surface area contributed by atoms with E-state index < -0.39 is 0 Å².